The summed E-state index contributed by atoms with van der Waals surface area (Å²) in [6.07, 6.45) is 0.808. The predicted molar refractivity (Wildman–Crippen MR) is 110 cm³/mol. The fourth-order valence-corrected chi connectivity index (χ4v) is 4.67. The van der Waals surface area contributed by atoms with E-state index in [1.807, 2.05) is 0 Å². The number of rotatable bonds is 3. The first-order valence-electron chi connectivity index (χ1n) is 9.36. The Kier molecular flexibility index (Phi) is 5.00. The Bertz CT molecular complexity index is 821. The average Bonchev–Trinajstić information content (AvgIpc) is 2.88. The van der Waals surface area contributed by atoms with Gasteiger partial charge >= 0.3 is 0 Å². The number of hydrogen-bond donors (Lipinski definition) is 0. The summed E-state index contributed by atoms with van der Waals surface area (Å²) in [5.41, 5.74) is 7.53. The predicted octanol–water partition coefficient (Wildman–Crippen LogP) is 6.46. The Morgan fingerprint density at radius 2 is 1.31 bits per heavy atom. The van der Waals surface area contributed by atoms with Gasteiger partial charge in [0.1, 0.15) is 5.78 Å². The van der Waals surface area contributed by atoms with E-state index in [2.05, 4.69) is 88.4 Å². The maximum Gasteiger partial charge on any atom is 0.134 e. The lowest BCUT2D eigenvalue weighted by atomic mass is 9.75. The van der Waals surface area contributed by atoms with Crippen LogP contribution in [0, 0.1) is 11.3 Å². The second-order valence-electron chi connectivity index (χ2n) is 8.05. The van der Waals surface area contributed by atoms with Crippen molar-refractivity contribution < 1.29 is 4.79 Å². The highest BCUT2D eigenvalue weighted by atomic mass is 16.1. The Labute approximate surface area is 157 Å². The number of allylic oxidation sites excluding steroid dienone is 3. The van der Waals surface area contributed by atoms with Crippen LogP contribution in [0.3, 0.4) is 0 Å². The Hall–Kier alpha value is -2.41. The van der Waals surface area contributed by atoms with E-state index in [0.717, 1.165) is 6.42 Å². The molecular weight excluding hydrogens is 316 g/mol. The quantitative estimate of drug-likeness (QED) is 0.624. The van der Waals surface area contributed by atoms with Gasteiger partial charge in [-0.3, -0.25) is 4.79 Å². The number of ketones is 1. The molecule has 0 radical (unpaired) electrons. The molecule has 0 unspecified atom stereocenters. The van der Waals surface area contributed by atoms with Crippen LogP contribution in [0.2, 0.25) is 0 Å². The maximum atomic E-state index is 12.4. The summed E-state index contributed by atoms with van der Waals surface area (Å²) in [7, 11) is 0. The molecule has 3 rings (SSSR count). The summed E-state index contributed by atoms with van der Waals surface area (Å²) in [4.78, 5) is 12.4. The fraction of sp³-hybridized carbons (Fsp3) is 0.320. The summed E-state index contributed by atoms with van der Waals surface area (Å²) in [5.74, 6) is 0.314. The van der Waals surface area contributed by atoms with Gasteiger partial charge in [0.2, 0.25) is 0 Å². The first-order chi connectivity index (χ1) is 12.3. The van der Waals surface area contributed by atoms with E-state index in [1.54, 1.807) is 6.92 Å². The van der Waals surface area contributed by atoms with Crippen LogP contribution in [0.4, 0.5) is 0 Å². The van der Waals surface area contributed by atoms with Crippen molar-refractivity contribution >= 4 is 11.4 Å². The first-order valence-corrected chi connectivity index (χ1v) is 9.36. The van der Waals surface area contributed by atoms with Crippen LogP contribution >= 0.6 is 0 Å². The minimum absolute atomic E-state index is 0.0322. The SMILES string of the molecule is CC(=O)[C@@H]1CC(=C(c2ccccc2)c2ccccc2)C(=C(C)C)C1(C)C. The third-order valence-corrected chi connectivity index (χ3v) is 5.64. The van der Waals surface area contributed by atoms with Gasteiger partial charge in [0.15, 0.2) is 0 Å². The molecule has 1 heteroatoms. The first kappa shape index (κ1) is 18.4. The Morgan fingerprint density at radius 1 is 0.846 bits per heavy atom. The van der Waals surface area contributed by atoms with E-state index < -0.39 is 0 Å². The molecule has 0 N–H and O–H groups in total. The van der Waals surface area contributed by atoms with Gasteiger partial charge in [-0.25, -0.2) is 0 Å². The van der Waals surface area contributed by atoms with Crippen LogP contribution in [0.15, 0.2) is 77.4 Å². The molecule has 0 aliphatic heterocycles. The summed E-state index contributed by atoms with van der Waals surface area (Å²) >= 11 is 0. The van der Waals surface area contributed by atoms with E-state index in [4.69, 9.17) is 0 Å². The van der Waals surface area contributed by atoms with Crippen molar-refractivity contribution in [2.24, 2.45) is 11.3 Å². The van der Waals surface area contributed by atoms with Gasteiger partial charge in [-0.1, -0.05) is 80.1 Å². The van der Waals surface area contributed by atoms with E-state index in [1.165, 1.54) is 33.4 Å². The lowest BCUT2D eigenvalue weighted by Crippen LogP contribution is -2.25. The molecule has 0 amide bonds. The van der Waals surface area contributed by atoms with Gasteiger partial charge in [0.05, 0.1) is 0 Å². The van der Waals surface area contributed by atoms with Crippen molar-refractivity contribution in [3.8, 4) is 0 Å². The van der Waals surface area contributed by atoms with Crippen LogP contribution in [-0.4, -0.2) is 5.78 Å². The highest BCUT2D eigenvalue weighted by Crippen LogP contribution is 2.54. The van der Waals surface area contributed by atoms with Crippen molar-refractivity contribution in [1.29, 1.82) is 0 Å². The van der Waals surface area contributed by atoms with E-state index >= 15 is 0 Å². The van der Waals surface area contributed by atoms with Gasteiger partial charge in [-0.05, 0) is 60.5 Å². The van der Waals surface area contributed by atoms with Gasteiger partial charge in [-0.2, -0.15) is 0 Å². The van der Waals surface area contributed by atoms with Crippen molar-refractivity contribution in [2.75, 3.05) is 0 Å². The second kappa shape index (κ2) is 7.07. The van der Waals surface area contributed by atoms with Crippen LogP contribution in [0.5, 0.6) is 0 Å². The van der Waals surface area contributed by atoms with Crippen LogP contribution in [0.1, 0.15) is 52.2 Å². The molecule has 2 aromatic rings. The van der Waals surface area contributed by atoms with Crippen LogP contribution in [-0.2, 0) is 4.79 Å². The number of carbonyl (C=O) groups excluding carboxylic acids is 1. The number of benzene rings is 2. The Morgan fingerprint density at radius 3 is 1.69 bits per heavy atom. The summed E-state index contributed by atoms with van der Waals surface area (Å²) in [6, 6.07) is 21.1. The van der Waals surface area contributed by atoms with Crippen molar-refractivity contribution in [3.63, 3.8) is 0 Å². The molecule has 1 aliphatic carbocycles. The standard InChI is InChI=1S/C25H28O/c1-17(2)24-21(16-22(18(3)26)25(24,4)5)23(19-12-8-6-9-13-19)20-14-10-7-11-15-20/h6-15,22H,16H2,1-5H3/t22-/m0/s1. The third kappa shape index (κ3) is 3.19. The zero-order valence-corrected chi connectivity index (χ0v) is 16.5. The van der Waals surface area contributed by atoms with E-state index in [0.29, 0.717) is 0 Å². The van der Waals surface area contributed by atoms with Gasteiger partial charge in [-0.15, -0.1) is 0 Å². The van der Waals surface area contributed by atoms with Crippen molar-refractivity contribution in [2.45, 2.75) is 41.0 Å². The normalized spacial score (nSPS) is 18.7. The monoisotopic (exact) mass is 344 g/mol. The largest absolute Gasteiger partial charge is 0.300 e. The van der Waals surface area contributed by atoms with Gasteiger partial charge < -0.3 is 0 Å². The minimum Gasteiger partial charge on any atom is -0.300 e. The van der Waals surface area contributed by atoms with Gasteiger partial charge in [0, 0.05) is 5.92 Å². The molecule has 1 aliphatic rings. The molecule has 1 fully saturated rings. The zero-order valence-electron chi connectivity index (χ0n) is 16.5. The molecule has 0 bridgehead atoms. The smallest absolute Gasteiger partial charge is 0.134 e. The average molecular weight is 344 g/mol. The number of hydrogen-bond acceptors (Lipinski definition) is 1. The summed E-state index contributed by atoms with van der Waals surface area (Å²) < 4.78 is 0. The van der Waals surface area contributed by atoms with Crippen LogP contribution < -0.4 is 0 Å². The highest BCUT2D eigenvalue weighted by molar-refractivity contribution is 5.89. The van der Waals surface area contributed by atoms with Crippen molar-refractivity contribution in [1.82, 2.24) is 0 Å². The van der Waals surface area contributed by atoms with E-state index in [9.17, 15) is 4.79 Å². The molecule has 0 heterocycles. The highest BCUT2D eigenvalue weighted by Gasteiger charge is 2.45. The molecule has 26 heavy (non-hydrogen) atoms. The lowest BCUT2D eigenvalue weighted by Gasteiger charge is -2.28. The number of carbonyl (C=O) groups is 1. The summed E-state index contributed by atoms with van der Waals surface area (Å²) in [6.45, 7) is 10.5. The molecule has 1 nitrogen and oxygen atoms in total. The zero-order chi connectivity index (χ0) is 18.9. The molecule has 2 aromatic carbocycles. The lowest BCUT2D eigenvalue weighted by molar-refractivity contribution is -0.122. The number of Topliss-reactive ketones (excluding diaryl/α,β-unsaturated/α-hetero) is 1. The summed E-state index contributed by atoms with van der Waals surface area (Å²) in [5, 5.41) is 0. The fourth-order valence-electron chi connectivity index (χ4n) is 4.67. The topological polar surface area (TPSA) is 17.1 Å². The van der Waals surface area contributed by atoms with Crippen molar-refractivity contribution in [3.05, 3.63) is 88.5 Å². The second-order valence-corrected chi connectivity index (χ2v) is 8.05. The molecule has 0 aromatic heterocycles. The molecule has 0 saturated heterocycles. The minimum atomic E-state index is -0.144. The molecule has 1 atom stereocenters. The Balaban J connectivity index is 2.35. The molecule has 134 valence electrons. The van der Waals surface area contributed by atoms with Gasteiger partial charge in [0.25, 0.3) is 0 Å². The molecule has 0 spiro atoms. The third-order valence-electron chi connectivity index (χ3n) is 5.64. The molecule has 1 saturated carbocycles. The van der Waals surface area contributed by atoms with Crippen LogP contribution in [0.25, 0.3) is 5.57 Å². The van der Waals surface area contributed by atoms with E-state index in [-0.39, 0.29) is 17.1 Å². The maximum absolute atomic E-state index is 12.4. The molecular formula is C25H28O.